The van der Waals surface area contributed by atoms with Crippen molar-refractivity contribution in [3.63, 3.8) is 0 Å². The molecule has 10 heteroatoms. The molecule has 3 aliphatic rings. The van der Waals surface area contributed by atoms with Crippen molar-refractivity contribution in [2.45, 2.75) is 62.7 Å². The Bertz CT molecular complexity index is 988. The predicted octanol–water partition coefficient (Wildman–Crippen LogP) is 0.398. The summed E-state index contributed by atoms with van der Waals surface area (Å²) in [6.07, 6.45) is 4.65. The molecule has 2 aromatic rings. The largest absolute Gasteiger partial charge is 0.387 e. The zero-order chi connectivity index (χ0) is 22.1. The fourth-order valence-corrected chi connectivity index (χ4v) is 4.71. The summed E-state index contributed by atoms with van der Waals surface area (Å²) in [6, 6.07) is 3.56. The monoisotopic (exact) mass is 441 g/mol. The molecule has 5 rings (SSSR count). The Hall–Kier alpha value is -2.45. The van der Waals surface area contributed by atoms with Crippen molar-refractivity contribution < 1.29 is 14.9 Å². The van der Waals surface area contributed by atoms with E-state index >= 15 is 0 Å². The van der Waals surface area contributed by atoms with Crippen LogP contribution in [0.5, 0.6) is 0 Å². The van der Waals surface area contributed by atoms with E-state index in [0.29, 0.717) is 29.4 Å². The van der Waals surface area contributed by atoms with Gasteiger partial charge in [0, 0.05) is 44.7 Å². The Balaban J connectivity index is 1.28. The summed E-state index contributed by atoms with van der Waals surface area (Å²) >= 11 is 0. The van der Waals surface area contributed by atoms with Crippen LogP contribution in [-0.4, -0.2) is 97.1 Å². The van der Waals surface area contributed by atoms with Gasteiger partial charge in [-0.3, -0.25) is 4.57 Å². The molecule has 1 saturated carbocycles. The zero-order valence-electron chi connectivity index (χ0n) is 18.4. The molecule has 0 radical (unpaired) electrons. The molecule has 0 unspecified atom stereocenters. The molecule has 4 atom stereocenters. The summed E-state index contributed by atoms with van der Waals surface area (Å²) in [5, 5.41) is 24.7. The van der Waals surface area contributed by atoms with Crippen LogP contribution in [0.25, 0.3) is 11.2 Å². The lowest BCUT2D eigenvalue weighted by Gasteiger charge is -2.29. The number of hydrogen-bond donors (Lipinski definition) is 3. The Labute approximate surface area is 187 Å². The first-order valence-electron chi connectivity index (χ1n) is 11.5. The normalized spacial score (nSPS) is 29.4. The van der Waals surface area contributed by atoms with Gasteiger partial charge in [0.15, 0.2) is 23.2 Å². The van der Waals surface area contributed by atoms with Crippen LogP contribution in [0.1, 0.15) is 38.3 Å². The minimum atomic E-state index is -1.09. The lowest BCUT2D eigenvalue weighted by Crippen LogP contribution is -2.42. The van der Waals surface area contributed by atoms with Crippen molar-refractivity contribution in [2.24, 2.45) is 0 Å². The third-order valence-corrected chi connectivity index (χ3v) is 6.71. The van der Waals surface area contributed by atoms with Gasteiger partial charge in [-0.05, 0) is 19.9 Å². The maximum atomic E-state index is 10.7. The topological polar surface area (TPSA) is 112 Å². The smallest absolute Gasteiger partial charge is 0.167 e. The number of hydrogen-bond acceptors (Lipinski definition) is 9. The second-order valence-corrected chi connectivity index (χ2v) is 9.00. The van der Waals surface area contributed by atoms with E-state index in [4.69, 9.17) is 4.74 Å². The number of rotatable bonds is 4. The standard InChI is InChI=1S/C22H31N7O3/c1-27-9-11-28(12-10-27)8-4-7-16-18(30)19(31)22(32-16)29-14-25-17-20(23-13-24-21(17)29)26-15-5-2-3-6-15/h13-16,18-19,22,30-31H,2-3,5-7,9-12H2,1H3,(H,23,24,26)/t16-,18-,19-,22-/m1/s1. The third-order valence-electron chi connectivity index (χ3n) is 6.71. The molecule has 0 amide bonds. The van der Waals surface area contributed by atoms with Crippen molar-refractivity contribution >= 4 is 17.0 Å². The summed E-state index contributed by atoms with van der Waals surface area (Å²) in [5.74, 6) is 3.81. The Kier molecular flexibility index (Phi) is 6.15. The second-order valence-electron chi connectivity index (χ2n) is 9.00. The summed E-state index contributed by atoms with van der Waals surface area (Å²) in [5.41, 5.74) is 1.21. The lowest BCUT2D eigenvalue weighted by atomic mass is 10.1. The number of anilines is 1. The number of piperazine rings is 1. The van der Waals surface area contributed by atoms with Gasteiger partial charge in [0.25, 0.3) is 0 Å². The molecule has 172 valence electrons. The van der Waals surface area contributed by atoms with Crippen LogP contribution in [0, 0.1) is 12.0 Å². The number of likely N-dealkylation sites (N-methyl/N-ethyl adjacent to an activating group) is 1. The highest BCUT2D eigenvalue weighted by Gasteiger charge is 2.44. The van der Waals surface area contributed by atoms with Crippen molar-refractivity contribution in [1.29, 1.82) is 0 Å². The molecule has 1 aliphatic carbocycles. The van der Waals surface area contributed by atoms with E-state index < -0.39 is 24.5 Å². The molecule has 3 N–H and O–H groups in total. The second kappa shape index (κ2) is 9.19. The van der Waals surface area contributed by atoms with Gasteiger partial charge in [0.1, 0.15) is 18.5 Å². The number of ether oxygens (including phenoxy) is 1. The quantitative estimate of drug-likeness (QED) is 0.581. The molecule has 10 nitrogen and oxygen atoms in total. The summed E-state index contributed by atoms with van der Waals surface area (Å²) < 4.78 is 7.71. The van der Waals surface area contributed by atoms with E-state index in [-0.39, 0.29) is 0 Å². The predicted molar refractivity (Wildman–Crippen MR) is 119 cm³/mol. The highest BCUT2D eigenvalue weighted by atomic mass is 16.6. The average molecular weight is 442 g/mol. The first-order chi connectivity index (χ1) is 15.6. The Morgan fingerprint density at radius 2 is 1.88 bits per heavy atom. The molecule has 2 aromatic heterocycles. The van der Waals surface area contributed by atoms with Gasteiger partial charge in [0.2, 0.25) is 0 Å². The number of nitrogens with zero attached hydrogens (tertiary/aromatic N) is 6. The molecule has 0 spiro atoms. The molecule has 3 fully saturated rings. The first kappa shape index (κ1) is 21.4. The number of aromatic nitrogens is 4. The molecule has 32 heavy (non-hydrogen) atoms. The van der Waals surface area contributed by atoms with Gasteiger partial charge in [-0.2, -0.15) is 0 Å². The average Bonchev–Trinajstić information content (AvgIpc) is 3.52. The van der Waals surface area contributed by atoms with Crippen LogP contribution >= 0.6 is 0 Å². The summed E-state index contributed by atoms with van der Waals surface area (Å²) in [7, 11) is 2.10. The summed E-state index contributed by atoms with van der Waals surface area (Å²) in [6.45, 7) is 3.79. The third kappa shape index (κ3) is 4.26. The van der Waals surface area contributed by atoms with Gasteiger partial charge in [-0.25, -0.2) is 15.0 Å². The van der Waals surface area contributed by atoms with Crippen LogP contribution in [0.15, 0.2) is 12.7 Å². The number of aliphatic hydroxyl groups is 2. The fraction of sp³-hybridized carbons (Fsp3) is 0.682. The number of nitrogens with one attached hydrogen (secondary N) is 1. The van der Waals surface area contributed by atoms with Crippen molar-refractivity contribution in [3.05, 3.63) is 12.7 Å². The van der Waals surface area contributed by atoms with E-state index in [1.807, 2.05) is 0 Å². The zero-order valence-corrected chi connectivity index (χ0v) is 18.4. The van der Waals surface area contributed by atoms with Gasteiger partial charge in [-0.1, -0.05) is 18.8 Å². The minimum absolute atomic E-state index is 0.344. The molecule has 2 aliphatic heterocycles. The molecule has 0 bridgehead atoms. The number of fused-ring (bicyclic) bond motifs is 1. The highest BCUT2D eigenvalue weighted by molar-refractivity contribution is 5.82. The van der Waals surface area contributed by atoms with Crippen LogP contribution in [0.4, 0.5) is 5.82 Å². The lowest BCUT2D eigenvalue weighted by molar-refractivity contribution is -0.0333. The molecule has 0 aromatic carbocycles. The van der Waals surface area contributed by atoms with Crippen LogP contribution in [-0.2, 0) is 4.74 Å². The maximum Gasteiger partial charge on any atom is 0.167 e. The fourth-order valence-electron chi connectivity index (χ4n) is 4.71. The Morgan fingerprint density at radius 1 is 1.09 bits per heavy atom. The van der Waals surface area contributed by atoms with Gasteiger partial charge >= 0.3 is 0 Å². The number of aliphatic hydroxyl groups excluding tert-OH is 2. The van der Waals surface area contributed by atoms with E-state index in [2.05, 4.69) is 49.1 Å². The van der Waals surface area contributed by atoms with Crippen molar-refractivity contribution in [2.75, 3.05) is 38.5 Å². The van der Waals surface area contributed by atoms with E-state index in [0.717, 1.165) is 39.0 Å². The van der Waals surface area contributed by atoms with Crippen LogP contribution < -0.4 is 5.32 Å². The van der Waals surface area contributed by atoms with Crippen LogP contribution in [0.3, 0.4) is 0 Å². The molecular formula is C22H31N7O3. The van der Waals surface area contributed by atoms with Gasteiger partial charge in [0.05, 0.1) is 12.4 Å². The van der Waals surface area contributed by atoms with E-state index in [1.54, 1.807) is 10.9 Å². The number of imidazole rings is 1. The van der Waals surface area contributed by atoms with E-state index in [9.17, 15) is 10.2 Å². The van der Waals surface area contributed by atoms with Crippen LogP contribution in [0.2, 0.25) is 0 Å². The minimum Gasteiger partial charge on any atom is -0.387 e. The van der Waals surface area contributed by atoms with E-state index in [1.165, 1.54) is 19.2 Å². The van der Waals surface area contributed by atoms with Crippen molar-refractivity contribution in [3.8, 4) is 12.0 Å². The maximum absolute atomic E-state index is 10.7. The van der Waals surface area contributed by atoms with Gasteiger partial charge in [-0.15, -0.1) is 0 Å². The SMILES string of the molecule is CN1CCN(C#CC[C@H]2O[C@@H](n3cnc4c(NC5CCCC5)ncnc43)[C@H](O)[C@@H]2O)CC1. The Morgan fingerprint density at radius 3 is 2.66 bits per heavy atom. The molecular weight excluding hydrogens is 410 g/mol. The molecule has 2 saturated heterocycles. The highest BCUT2D eigenvalue weighted by Crippen LogP contribution is 2.33. The summed E-state index contributed by atoms with van der Waals surface area (Å²) in [4.78, 5) is 17.6. The van der Waals surface area contributed by atoms with Crippen molar-refractivity contribution in [1.82, 2.24) is 29.3 Å². The van der Waals surface area contributed by atoms with Gasteiger partial charge < -0.3 is 30.1 Å². The first-order valence-corrected chi connectivity index (χ1v) is 11.5. The molecule has 4 heterocycles.